The number of aromatic amines is 1. The van der Waals surface area contributed by atoms with Crippen LogP contribution in [0.2, 0.25) is 0 Å². The van der Waals surface area contributed by atoms with Crippen LogP contribution in [0.5, 0.6) is 0 Å². The Labute approximate surface area is 916 Å². The quantitative estimate of drug-likeness (QED) is 0.0531. The molecule has 1 fully saturated rings. The fraction of sp³-hybridized carbons (Fsp3) is 0.0500. The van der Waals surface area contributed by atoms with Gasteiger partial charge in [-0.05, 0) is 258 Å². The van der Waals surface area contributed by atoms with E-state index in [1.165, 1.54) is 170 Å². The summed E-state index contributed by atoms with van der Waals surface area (Å²) in [6, 6.07) is 147. The van der Waals surface area contributed by atoms with Crippen molar-refractivity contribution in [3.05, 3.63) is 475 Å². The van der Waals surface area contributed by atoms with Crippen LogP contribution in [0.1, 0.15) is 27.7 Å². The normalized spacial score (nSPS) is 12.5. The lowest BCUT2D eigenvalue weighted by molar-refractivity contribution is -0.385. The molecule has 0 aliphatic carbocycles. The molecular formula is C120H83BBr6IN4O6PS5. The number of hydrogen-bond acceptors (Lipinski definition) is 11. The summed E-state index contributed by atoms with van der Waals surface area (Å²) in [7, 11) is -0.744. The van der Waals surface area contributed by atoms with Crippen LogP contribution < -0.4 is 21.4 Å². The Kier molecular flexibility index (Phi) is 30.7. The molecule has 19 aromatic carbocycles. The minimum Gasteiger partial charge on any atom is -0.399 e. The number of nitrogens with zero attached hydrogens (tertiary/aromatic N) is 3. The zero-order valence-electron chi connectivity index (χ0n) is 77.4. The lowest BCUT2D eigenvalue weighted by Crippen LogP contribution is -2.41. The number of thiophene rings is 5. The molecule has 1 saturated heterocycles. The van der Waals surface area contributed by atoms with E-state index in [0.717, 1.165) is 29.8 Å². The van der Waals surface area contributed by atoms with Gasteiger partial charge in [-0.25, -0.2) is 0 Å². The zero-order valence-corrected chi connectivity index (χ0v) is 94.1. The number of nitro groups is 2. The van der Waals surface area contributed by atoms with Gasteiger partial charge in [0.05, 0.1) is 47.6 Å². The summed E-state index contributed by atoms with van der Waals surface area (Å²) >= 11 is 31.7. The molecule has 7 aromatic heterocycles. The van der Waals surface area contributed by atoms with Crippen molar-refractivity contribution in [2.75, 3.05) is 0 Å². The molecule has 0 spiro atoms. The predicted octanol–water partition coefficient (Wildman–Crippen LogP) is 38.8. The summed E-state index contributed by atoms with van der Waals surface area (Å²) in [5, 5.41) is 44.1. The number of benzene rings is 19. The van der Waals surface area contributed by atoms with E-state index in [1.54, 1.807) is 35.6 Å². The Morgan fingerprint density at radius 2 is 0.694 bits per heavy atom. The van der Waals surface area contributed by atoms with Gasteiger partial charge in [0.25, 0.3) is 11.4 Å². The third kappa shape index (κ3) is 21.5. The zero-order chi connectivity index (χ0) is 99.4. The van der Waals surface area contributed by atoms with E-state index in [0.29, 0.717) is 19.0 Å². The maximum atomic E-state index is 11.4. The first-order chi connectivity index (χ1) is 69.9. The number of H-pyrrole nitrogens is 1. The Morgan fingerprint density at radius 3 is 1.21 bits per heavy atom. The molecule has 0 unspecified atom stereocenters. The lowest BCUT2D eigenvalue weighted by Gasteiger charge is -2.32. The molecule has 1 aliphatic rings. The predicted molar refractivity (Wildman–Crippen MR) is 652 cm³/mol. The highest BCUT2D eigenvalue weighted by atomic mass is 127. The summed E-state index contributed by atoms with van der Waals surface area (Å²) in [6.45, 7) is 8.36. The summed E-state index contributed by atoms with van der Waals surface area (Å²) in [4.78, 5) is 24.5. The molecule has 0 saturated carbocycles. The number of rotatable bonds is 8. The van der Waals surface area contributed by atoms with Crippen LogP contribution in [0.3, 0.4) is 0 Å². The molecule has 27 rings (SSSR count). The van der Waals surface area contributed by atoms with Crippen molar-refractivity contribution < 1.29 is 19.2 Å². The monoisotopic (exact) mass is 2480 g/mol. The van der Waals surface area contributed by atoms with E-state index >= 15 is 0 Å². The van der Waals surface area contributed by atoms with Crippen LogP contribution in [0.4, 0.5) is 11.4 Å². The standard InChI is InChI=1S/C24H14BrNS.C18H19BO2S.C18H10BrNO2S.C18H10BrNS.C18H15P.C12H7BrS.C6H3Br2NO2.C6H5I/c25-15-10-11-17-18-12-13-22-23(19-8-4-5-9-21(19)27-22)24(18)26(20(17)14-15)16-6-2-1-3-7-16;1-17(2)18(3,4)21-19(20-17)12-9-10-16-14(11-12)13-7-5-6-8-15(13)22-16;19-12-6-7-13(16(10-12)20(21)22)11-5-8-18-15(9-11)14-3-1-2-4-17(14)23-18;19-10-5-6-11-12-7-8-16-17(18(12)20-14(11)9-10)13-3-1-2-4-15(13)21-16;1-4-10-16(11-5-1)19(17-12-6-2-7-13-17)18-14-8-3-9-15-18;13-8-5-6-12-10(7-8)9-3-1-2-4-11(9)14-12;7-4-1-2-5(8)6(3-4)9(10)11;7-6-4-2-1-3-5-6/h1-14H;5-11H,1-4H3;1-10H;1-9,20H;1-15H;1-7H;1-3H;1-5H. The molecule has 706 valence electrons. The molecular weight excluding hydrogens is 2400 g/mol. The number of para-hydroxylation sites is 1. The smallest absolute Gasteiger partial charge is 0.399 e. The molecule has 0 amide bonds. The largest absolute Gasteiger partial charge is 0.494 e. The highest BCUT2D eigenvalue weighted by molar-refractivity contribution is 14.1. The average Bonchev–Trinajstić information content (AvgIpc) is 1.56. The van der Waals surface area contributed by atoms with Gasteiger partial charge >= 0.3 is 7.12 Å². The van der Waals surface area contributed by atoms with Crippen molar-refractivity contribution in [1.82, 2.24) is 9.55 Å². The van der Waals surface area contributed by atoms with Gasteiger partial charge in [0.1, 0.15) is 0 Å². The lowest BCUT2D eigenvalue weighted by atomic mass is 9.78. The van der Waals surface area contributed by atoms with Gasteiger partial charge in [0, 0.05) is 166 Å². The van der Waals surface area contributed by atoms with E-state index < -0.39 is 12.8 Å². The van der Waals surface area contributed by atoms with Gasteiger partial charge in [-0.15, -0.1) is 56.7 Å². The average molecular weight is 2490 g/mol. The van der Waals surface area contributed by atoms with Crippen molar-refractivity contribution in [2.45, 2.75) is 38.9 Å². The first-order valence-corrected chi connectivity index (χ1v) is 57.2. The summed E-state index contributed by atoms with van der Waals surface area (Å²) in [5.41, 5.74) is 8.31. The topological polar surface area (TPSA) is 125 Å². The van der Waals surface area contributed by atoms with Gasteiger partial charge in [-0.3, -0.25) is 20.2 Å². The number of hydrogen-bond donors (Lipinski definition) is 1. The SMILES string of the molecule is Brc1ccc2c(c1)[nH]c1c2ccc2sc3ccccc3c21.Brc1ccc2c3ccc4sc5ccccc5c4c3n(-c3ccccc3)c2c1.Brc1ccc2sc3ccccc3c2c1.CC1(C)OB(c2ccc3sc4ccccc4c3c2)OC1(C)C.Ic1ccccc1.O=[N+]([O-])c1cc(Br)ccc1-c1ccc2sc3ccccc3c2c1.O=[N+]([O-])c1cc(Br)ccc1Br.c1ccc(P(c2ccccc2)c2ccccc2)cc1. The molecule has 26 aromatic rings. The van der Waals surface area contributed by atoms with E-state index in [4.69, 9.17) is 9.31 Å². The molecule has 24 heteroatoms. The second kappa shape index (κ2) is 44.2. The van der Waals surface area contributed by atoms with Crippen molar-refractivity contribution in [3.63, 3.8) is 0 Å². The number of fused-ring (bicyclic) bond motifs is 23. The molecule has 144 heavy (non-hydrogen) atoms. The number of nitro benzene ring substituents is 2. The molecule has 0 atom stereocenters. The van der Waals surface area contributed by atoms with Gasteiger partial charge in [-0.1, -0.05) is 341 Å². The number of halogens is 7. The minimum atomic E-state index is -0.446. The van der Waals surface area contributed by atoms with Crippen LogP contribution >= 0.6 is 183 Å². The minimum absolute atomic E-state index is 0.0689. The fourth-order valence-electron chi connectivity index (χ4n) is 17.9. The highest BCUT2D eigenvalue weighted by Crippen LogP contribution is 2.48. The first kappa shape index (κ1) is 100. The van der Waals surface area contributed by atoms with Crippen LogP contribution in [-0.4, -0.2) is 37.7 Å². The Morgan fingerprint density at radius 1 is 0.326 bits per heavy atom. The number of aromatic nitrogens is 2. The summed E-state index contributed by atoms with van der Waals surface area (Å²) in [6.07, 6.45) is 0. The Balaban J connectivity index is 0.000000103. The molecule has 0 bridgehead atoms. The van der Waals surface area contributed by atoms with Crippen molar-refractivity contribution in [2.24, 2.45) is 0 Å². The number of nitrogens with one attached hydrogen (secondary N) is 1. The second-order valence-electron chi connectivity index (χ2n) is 34.9. The second-order valence-corrected chi connectivity index (χ2v) is 49.3. The van der Waals surface area contributed by atoms with Crippen LogP contribution in [0.25, 0.3) is 161 Å². The van der Waals surface area contributed by atoms with E-state index in [9.17, 15) is 20.2 Å². The molecule has 0 radical (unpaired) electrons. The molecule has 8 heterocycles. The Hall–Kier alpha value is -11.3. The molecule has 1 N–H and O–H groups in total. The van der Waals surface area contributed by atoms with Crippen molar-refractivity contribution >= 4 is 367 Å². The van der Waals surface area contributed by atoms with Gasteiger partial charge in [-0.2, -0.15) is 0 Å². The third-order valence-corrected chi connectivity index (χ3v) is 37.3. The maximum absolute atomic E-state index is 11.4. The summed E-state index contributed by atoms with van der Waals surface area (Å²) < 4.78 is 34.4. The third-order valence-electron chi connectivity index (χ3n) is 25.3. The fourth-order valence-corrected chi connectivity index (χ4v) is 28.2. The van der Waals surface area contributed by atoms with E-state index in [-0.39, 0.29) is 34.6 Å². The van der Waals surface area contributed by atoms with Crippen molar-refractivity contribution in [3.8, 4) is 16.8 Å². The van der Waals surface area contributed by atoms with Crippen LogP contribution in [-0.2, 0) is 9.31 Å². The highest BCUT2D eigenvalue weighted by Gasteiger charge is 2.52. The maximum Gasteiger partial charge on any atom is 0.494 e. The summed E-state index contributed by atoms with van der Waals surface area (Å²) in [5.74, 6) is 0. The van der Waals surface area contributed by atoms with Gasteiger partial charge in [0.2, 0.25) is 0 Å². The molecule has 1 aliphatic heterocycles. The first-order valence-electron chi connectivity index (χ1n) is 46.0. The van der Waals surface area contributed by atoms with Gasteiger partial charge < -0.3 is 18.9 Å². The van der Waals surface area contributed by atoms with Crippen LogP contribution in [0, 0.1) is 23.8 Å². The van der Waals surface area contributed by atoms with Crippen molar-refractivity contribution in [1.29, 1.82) is 0 Å². The molecule has 10 nitrogen and oxygen atoms in total. The van der Waals surface area contributed by atoms with Crippen LogP contribution in [0.15, 0.2) is 451 Å². The Bertz CT molecular complexity index is 9160. The van der Waals surface area contributed by atoms with E-state index in [1.807, 2.05) is 99.9 Å². The van der Waals surface area contributed by atoms with Gasteiger partial charge in [0.15, 0.2) is 0 Å². The van der Waals surface area contributed by atoms with E-state index in [2.05, 4.69) is 495 Å².